The van der Waals surface area contributed by atoms with E-state index in [4.69, 9.17) is 24.4 Å². The summed E-state index contributed by atoms with van der Waals surface area (Å²) >= 11 is 0. The van der Waals surface area contributed by atoms with Crippen LogP contribution < -0.4 is 0 Å². The molecule has 0 aliphatic heterocycles. The van der Waals surface area contributed by atoms with Gasteiger partial charge in [-0.1, -0.05) is 206 Å². The topological polar surface area (TPSA) is 64.7 Å². The van der Waals surface area contributed by atoms with Gasteiger partial charge in [0.25, 0.3) is 0 Å². The third kappa shape index (κ3) is 6.84. The van der Waals surface area contributed by atoms with E-state index in [1.54, 1.807) is 0 Å². The Kier molecular flexibility index (Phi) is 9.10. The second-order valence-corrected chi connectivity index (χ2v) is 15.0. The van der Waals surface area contributed by atoms with E-state index in [0.29, 0.717) is 17.5 Å². The van der Waals surface area contributed by atoms with Crippen molar-refractivity contribution in [3.05, 3.63) is 218 Å². The number of hydrogen-bond acceptors (Lipinski definition) is 5. The summed E-state index contributed by atoms with van der Waals surface area (Å²) in [5, 5.41) is 1.94. The molecule has 3 heterocycles. The van der Waals surface area contributed by atoms with Crippen LogP contribution in [0, 0.1) is 0 Å². The predicted octanol–water partition coefficient (Wildman–Crippen LogP) is 14.5. The molecule has 5 nitrogen and oxygen atoms in total. The van der Waals surface area contributed by atoms with Gasteiger partial charge in [-0.05, 0) is 39.9 Å². The van der Waals surface area contributed by atoms with Gasteiger partial charge in [-0.25, -0.2) is 19.9 Å². The zero-order valence-corrected chi connectivity index (χ0v) is 33.0. The predicted molar refractivity (Wildman–Crippen MR) is 248 cm³/mol. The molecule has 0 unspecified atom stereocenters. The maximum atomic E-state index is 6.96. The minimum atomic E-state index is 0.587. The third-order valence-electron chi connectivity index (χ3n) is 11.2. The van der Waals surface area contributed by atoms with E-state index in [1.165, 1.54) is 0 Å². The maximum absolute atomic E-state index is 6.96. The molecule has 5 heteroatoms. The molecular weight excluding hydrogens is 745 g/mol. The van der Waals surface area contributed by atoms with Gasteiger partial charge in [0.1, 0.15) is 11.3 Å². The normalized spacial score (nSPS) is 11.3. The van der Waals surface area contributed by atoms with Gasteiger partial charge in [0.05, 0.1) is 16.6 Å². The molecule has 0 bridgehead atoms. The molecular formula is C56H36N4O. The number of rotatable bonds is 8. The number of fused-ring (bicyclic) bond motifs is 3. The average molecular weight is 781 g/mol. The van der Waals surface area contributed by atoms with E-state index in [-0.39, 0.29) is 0 Å². The van der Waals surface area contributed by atoms with E-state index in [0.717, 1.165) is 94.5 Å². The SMILES string of the molecule is c1ccc(-c2ccc(-c3nc(-c4ccc(-c5ccccc5)cc4)nc(-c4ccc(-c5c(-c6ccccc6)oc6c5c(-c5ccccc5)nc5ccccc56)cc4)n3)cc2)cc1. The van der Waals surface area contributed by atoms with Gasteiger partial charge in [-0.15, -0.1) is 0 Å². The molecule has 11 rings (SSSR count). The second kappa shape index (κ2) is 15.5. The van der Waals surface area contributed by atoms with Gasteiger partial charge >= 0.3 is 0 Å². The summed E-state index contributed by atoms with van der Waals surface area (Å²) in [6.07, 6.45) is 0. The van der Waals surface area contributed by atoms with E-state index >= 15 is 0 Å². The van der Waals surface area contributed by atoms with Crippen LogP contribution in [0.3, 0.4) is 0 Å². The average Bonchev–Trinajstić information content (AvgIpc) is 3.76. The fourth-order valence-corrected chi connectivity index (χ4v) is 8.09. The zero-order valence-electron chi connectivity index (χ0n) is 33.0. The lowest BCUT2D eigenvalue weighted by Gasteiger charge is -2.11. The molecule has 0 atom stereocenters. The first-order valence-electron chi connectivity index (χ1n) is 20.4. The Morgan fingerprint density at radius 2 is 0.639 bits per heavy atom. The third-order valence-corrected chi connectivity index (χ3v) is 11.2. The molecule has 0 amide bonds. The van der Waals surface area contributed by atoms with Crippen LogP contribution in [0.1, 0.15) is 0 Å². The maximum Gasteiger partial charge on any atom is 0.164 e. The fraction of sp³-hybridized carbons (Fsp3) is 0. The number of hydrogen-bond donors (Lipinski definition) is 0. The van der Waals surface area contributed by atoms with Crippen molar-refractivity contribution in [3.8, 4) is 90.1 Å². The van der Waals surface area contributed by atoms with Crippen LogP contribution in [0.5, 0.6) is 0 Å². The molecule has 0 saturated carbocycles. The van der Waals surface area contributed by atoms with Gasteiger partial charge in [0, 0.05) is 38.8 Å². The number of benzene rings is 8. The molecule has 3 aromatic heterocycles. The van der Waals surface area contributed by atoms with Crippen LogP contribution in [0.25, 0.3) is 112 Å². The highest BCUT2D eigenvalue weighted by molar-refractivity contribution is 6.16. The van der Waals surface area contributed by atoms with E-state index in [2.05, 4.69) is 164 Å². The van der Waals surface area contributed by atoms with Crippen LogP contribution in [0.2, 0.25) is 0 Å². The van der Waals surface area contributed by atoms with Crippen molar-refractivity contribution < 1.29 is 4.42 Å². The van der Waals surface area contributed by atoms with Crippen molar-refractivity contribution in [1.29, 1.82) is 0 Å². The van der Waals surface area contributed by atoms with E-state index < -0.39 is 0 Å². The molecule has 0 aliphatic rings. The van der Waals surface area contributed by atoms with Crippen LogP contribution in [-0.2, 0) is 0 Å². The Morgan fingerprint density at radius 1 is 0.279 bits per heavy atom. The molecule has 61 heavy (non-hydrogen) atoms. The van der Waals surface area contributed by atoms with Crippen LogP contribution in [0.4, 0.5) is 0 Å². The van der Waals surface area contributed by atoms with Gasteiger partial charge in [0.15, 0.2) is 17.5 Å². The smallest absolute Gasteiger partial charge is 0.164 e. The molecule has 0 fully saturated rings. The highest BCUT2D eigenvalue weighted by atomic mass is 16.3. The zero-order chi connectivity index (χ0) is 40.5. The van der Waals surface area contributed by atoms with Crippen molar-refractivity contribution in [3.63, 3.8) is 0 Å². The van der Waals surface area contributed by atoms with Crippen molar-refractivity contribution >= 4 is 21.9 Å². The molecule has 0 saturated heterocycles. The monoisotopic (exact) mass is 780 g/mol. The van der Waals surface area contributed by atoms with Gasteiger partial charge in [-0.2, -0.15) is 0 Å². The highest BCUT2D eigenvalue weighted by Gasteiger charge is 2.24. The fourth-order valence-electron chi connectivity index (χ4n) is 8.09. The van der Waals surface area contributed by atoms with Crippen molar-refractivity contribution in [2.75, 3.05) is 0 Å². The summed E-state index contributed by atoms with van der Waals surface area (Å²) in [6, 6.07) is 75.0. The first-order valence-corrected chi connectivity index (χ1v) is 20.4. The first-order chi connectivity index (χ1) is 30.2. The minimum absolute atomic E-state index is 0.587. The Labute approximate surface area is 353 Å². The summed E-state index contributed by atoms with van der Waals surface area (Å²) in [6.45, 7) is 0. The summed E-state index contributed by atoms with van der Waals surface area (Å²) in [4.78, 5) is 20.6. The summed E-state index contributed by atoms with van der Waals surface area (Å²) in [5.41, 5.74) is 13.8. The van der Waals surface area contributed by atoms with Crippen molar-refractivity contribution in [2.24, 2.45) is 0 Å². The van der Waals surface area contributed by atoms with Gasteiger partial charge in [-0.3, -0.25) is 0 Å². The van der Waals surface area contributed by atoms with E-state index in [1.807, 2.05) is 54.6 Å². The molecule has 8 aromatic carbocycles. The molecule has 11 aromatic rings. The number of pyridine rings is 1. The summed E-state index contributed by atoms with van der Waals surface area (Å²) in [7, 11) is 0. The number of nitrogens with zero attached hydrogens (tertiary/aromatic N) is 4. The molecule has 286 valence electrons. The largest absolute Gasteiger partial charge is 0.455 e. The second-order valence-electron chi connectivity index (χ2n) is 15.0. The number of aromatic nitrogens is 4. The molecule has 0 aliphatic carbocycles. The van der Waals surface area contributed by atoms with Crippen LogP contribution >= 0.6 is 0 Å². The van der Waals surface area contributed by atoms with Crippen LogP contribution in [0.15, 0.2) is 223 Å². The van der Waals surface area contributed by atoms with Gasteiger partial charge < -0.3 is 4.42 Å². The summed E-state index contributed by atoms with van der Waals surface area (Å²) in [5.74, 6) is 2.59. The van der Waals surface area contributed by atoms with Crippen molar-refractivity contribution in [2.45, 2.75) is 0 Å². The lowest BCUT2D eigenvalue weighted by Crippen LogP contribution is -2.00. The Bertz CT molecular complexity index is 3190. The Balaban J connectivity index is 1.06. The van der Waals surface area contributed by atoms with Crippen LogP contribution in [-0.4, -0.2) is 19.9 Å². The van der Waals surface area contributed by atoms with Gasteiger partial charge in [0.2, 0.25) is 0 Å². The molecule has 0 N–H and O–H groups in total. The highest BCUT2D eigenvalue weighted by Crippen LogP contribution is 2.47. The standard InChI is InChI=1S/C56H36N4O/c1-5-15-37(16-6-1)39-25-31-44(32-26-39)54-58-55(45-33-27-40(28-34-45)38-17-7-2-8-18-38)60-56(59-54)46-35-29-41(30-36-46)49-50-51(42-19-9-3-10-20-42)57-48-24-14-13-23-47(48)53(50)61-52(49)43-21-11-4-12-22-43/h1-36H. The Morgan fingerprint density at radius 3 is 1.11 bits per heavy atom. The lowest BCUT2D eigenvalue weighted by atomic mass is 9.94. The minimum Gasteiger partial charge on any atom is -0.455 e. The number of furan rings is 1. The number of para-hydroxylation sites is 1. The van der Waals surface area contributed by atoms with E-state index in [9.17, 15) is 0 Å². The first kappa shape index (κ1) is 35.8. The molecule has 0 spiro atoms. The quantitative estimate of drug-likeness (QED) is 0.154. The Hall–Kier alpha value is -8.28. The summed E-state index contributed by atoms with van der Waals surface area (Å²) < 4.78 is 6.96. The lowest BCUT2D eigenvalue weighted by molar-refractivity contribution is 0.636. The van der Waals surface area contributed by atoms with Crippen molar-refractivity contribution in [1.82, 2.24) is 19.9 Å². The molecule has 0 radical (unpaired) electrons.